The molecule has 0 unspecified atom stereocenters. The number of hydrogen-bond donors (Lipinski definition) is 0. The summed E-state index contributed by atoms with van der Waals surface area (Å²) in [6.45, 7) is 5.93. The fourth-order valence-electron chi connectivity index (χ4n) is 4.03. The monoisotopic (exact) mass is 464 g/mol. The van der Waals surface area contributed by atoms with Crippen LogP contribution < -0.4 is 4.31 Å². The maximum absolute atomic E-state index is 13.3. The summed E-state index contributed by atoms with van der Waals surface area (Å²) in [6, 6.07) is 11.8. The van der Waals surface area contributed by atoms with Crippen LogP contribution in [0.4, 0.5) is 5.69 Å². The Morgan fingerprint density at radius 1 is 0.903 bits per heavy atom. The molecule has 0 radical (unpaired) electrons. The Labute approximate surface area is 184 Å². The van der Waals surface area contributed by atoms with Gasteiger partial charge in [-0.2, -0.15) is 4.31 Å². The van der Waals surface area contributed by atoms with Crippen LogP contribution in [-0.4, -0.2) is 54.0 Å². The number of sulfonamides is 2. The van der Waals surface area contributed by atoms with Crippen LogP contribution in [0.3, 0.4) is 0 Å². The highest BCUT2D eigenvalue weighted by molar-refractivity contribution is 7.92. The van der Waals surface area contributed by atoms with Gasteiger partial charge in [-0.15, -0.1) is 0 Å². The molecule has 0 N–H and O–H groups in total. The normalized spacial score (nSPS) is 18.7. The molecule has 9 heteroatoms. The average molecular weight is 465 g/mol. The molecule has 2 aliphatic rings. The summed E-state index contributed by atoms with van der Waals surface area (Å²) in [6.07, 6.45) is 1.47. The molecule has 1 atom stereocenters. The van der Waals surface area contributed by atoms with Crippen molar-refractivity contribution >= 4 is 25.7 Å². The molecule has 2 aromatic carbocycles. The maximum Gasteiger partial charge on any atom is 0.264 e. The lowest BCUT2D eigenvalue weighted by atomic mass is 9.99. The van der Waals surface area contributed by atoms with Crippen LogP contribution in [0.1, 0.15) is 37.3 Å². The highest BCUT2D eigenvalue weighted by atomic mass is 32.2. The van der Waals surface area contributed by atoms with E-state index in [1.54, 1.807) is 24.3 Å². The minimum atomic E-state index is -3.71. The highest BCUT2D eigenvalue weighted by Crippen LogP contribution is 2.35. The SMILES string of the molecule is CC[C@@H](C)c1ccc(S(=O)(=O)N2CCc3cc(S(=O)(=O)N4CCOCC4)ccc32)cc1. The van der Waals surface area contributed by atoms with Crippen LogP contribution in [0.25, 0.3) is 0 Å². The van der Waals surface area contributed by atoms with Crippen LogP contribution in [-0.2, 0) is 31.2 Å². The van der Waals surface area contributed by atoms with Crippen molar-refractivity contribution in [2.45, 2.75) is 42.4 Å². The minimum Gasteiger partial charge on any atom is -0.379 e. The molecular formula is C22H28N2O5S2. The molecule has 1 saturated heterocycles. The molecule has 0 bridgehead atoms. The Morgan fingerprint density at radius 2 is 1.55 bits per heavy atom. The van der Waals surface area contributed by atoms with Crippen molar-refractivity contribution in [1.82, 2.24) is 4.31 Å². The summed E-state index contributed by atoms with van der Waals surface area (Å²) in [5, 5.41) is 0. The van der Waals surface area contributed by atoms with Gasteiger partial charge in [0.1, 0.15) is 0 Å². The van der Waals surface area contributed by atoms with Crippen LogP contribution in [0, 0.1) is 0 Å². The third-order valence-electron chi connectivity index (χ3n) is 6.16. The van der Waals surface area contributed by atoms with E-state index in [0.717, 1.165) is 17.5 Å². The molecule has 4 rings (SSSR count). The fraction of sp³-hybridized carbons (Fsp3) is 0.455. The Morgan fingerprint density at radius 3 is 2.19 bits per heavy atom. The molecule has 0 aromatic heterocycles. The summed E-state index contributed by atoms with van der Waals surface area (Å²) < 4.78 is 60.4. The van der Waals surface area contributed by atoms with Gasteiger partial charge in [0, 0.05) is 19.6 Å². The molecule has 0 saturated carbocycles. The van der Waals surface area contributed by atoms with Gasteiger partial charge in [0.05, 0.1) is 28.7 Å². The number of anilines is 1. The molecule has 0 spiro atoms. The van der Waals surface area contributed by atoms with E-state index < -0.39 is 20.0 Å². The molecule has 2 heterocycles. The standard InChI is InChI=1S/C22H28N2O5S2/c1-3-17(2)18-4-6-20(7-5-18)31(27,28)24-11-10-19-16-21(8-9-22(19)24)30(25,26)23-12-14-29-15-13-23/h4-9,16-17H,3,10-15H2,1-2H3/t17-/m1/s1. The van der Waals surface area contributed by atoms with Crippen molar-refractivity contribution in [2.75, 3.05) is 37.2 Å². The Hall–Kier alpha value is -1.94. The molecule has 2 aliphatic heterocycles. The van der Waals surface area contributed by atoms with Crippen LogP contribution in [0.5, 0.6) is 0 Å². The van der Waals surface area contributed by atoms with Gasteiger partial charge in [0.15, 0.2) is 0 Å². The molecule has 1 fully saturated rings. The lowest BCUT2D eigenvalue weighted by molar-refractivity contribution is 0.0730. The van der Waals surface area contributed by atoms with Crippen LogP contribution in [0.2, 0.25) is 0 Å². The molecule has 7 nitrogen and oxygen atoms in total. The summed E-state index contributed by atoms with van der Waals surface area (Å²) >= 11 is 0. The fourth-order valence-corrected chi connectivity index (χ4v) is 6.99. The molecule has 0 aliphatic carbocycles. The summed E-state index contributed by atoms with van der Waals surface area (Å²) in [5.41, 5.74) is 2.39. The number of hydrogen-bond acceptors (Lipinski definition) is 5. The van der Waals surface area contributed by atoms with Gasteiger partial charge in [-0.05, 0) is 60.2 Å². The van der Waals surface area contributed by atoms with E-state index in [4.69, 9.17) is 4.74 Å². The lowest BCUT2D eigenvalue weighted by Crippen LogP contribution is -2.40. The number of nitrogens with zero attached hydrogens (tertiary/aromatic N) is 2. The zero-order valence-electron chi connectivity index (χ0n) is 17.8. The summed E-state index contributed by atoms with van der Waals surface area (Å²) in [5.74, 6) is 0.371. The number of ether oxygens (including phenoxy) is 1. The second kappa shape index (κ2) is 8.54. The van der Waals surface area contributed by atoms with Crippen molar-refractivity contribution < 1.29 is 21.6 Å². The number of rotatable bonds is 6. The molecule has 168 valence electrons. The Balaban J connectivity index is 1.61. The smallest absolute Gasteiger partial charge is 0.264 e. The average Bonchev–Trinajstić information content (AvgIpc) is 3.23. The maximum atomic E-state index is 13.3. The summed E-state index contributed by atoms with van der Waals surface area (Å²) in [4.78, 5) is 0.447. The van der Waals surface area contributed by atoms with E-state index in [1.807, 2.05) is 12.1 Å². The van der Waals surface area contributed by atoms with E-state index in [-0.39, 0.29) is 9.79 Å². The second-order valence-corrected chi connectivity index (χ2v) is 11.8. The number of benzene rings is 2. The van der Waals surface area contributed by atoms with E-state index in [0.29, 0.717) is 50.9 Å². The van der Waals surface area contributed by atoms with Gasteiger partial charge in [0.2, 0.25) is 10.0 Å². The van der Waals surface area contributed by atoms with Crippen LogP contribution >= 0.6 is 0 Å². The molecule has 0 amide bonds. The highest BCUT2D eigenvalue weighted by Gasteiger charge is 2.33. The van der Waals surface area contributed by atoms with E-state index >= 15 is 0 Å². The zero-order valence-corrected chi connectivity index (χ0v) is 19.5. The largest absolute Gasteiger partial charge is 0.379 e. The molecular weight excluding hydrogens is 436 g/mol. The first-order chi connectivity index (χ1) is 14.7. The molecule has 2 aromatic rings. The first-order valence-corrected chi connectivity index (χ1v) is 13.5. The van der Waals surface area contributed by atoms with Crippen molar-refractivity contribution in [3.05, 3.63) is 53.6 Å². The van der Waals surface area contributed by atoms with Crippen LogP contribution in [0.15, 0.2) is 52.3 Å². The van der Waals surface area contributed by atoms with Crippen molar-refractivity contribution in [1.29, 1.82) is 0 Å². The van der Waals surface area contributed by atoms with E-state index in [1.165, 1.54) is 14.7 Å². The predicted octanol–water partition coefficient (Wildman–Crippen LogP) is 2.97. The molecule has 31 heavy (non-hydrogen) atoms. The first-order valence-electron chi connectivity index (χ1n) is 10.6. The van der Waals surface area contributed by atoms with Crippen molar-refractivity contribution in [3.63, 3.8) is 0 Å². The van der Waals surface area contributed by atoms with E-state index in [2.05, 4.69) is 13.8 Å². The van der Waals surface area contributed by atoms with Crippen molar-refractivity contribution in [2.24, 2.45) is 0 Å². The minimum absolute atomic E-state index is 0.199. The predicted molar refractivity (Wildman–Crippen MR) is 119 cm³/mol. The quantitative estimate of drug-likeness (QED) is 0.656. The van der Waals surface area contributed by atoms with Gasteiger partial charge < -0.3 is 4.74 Å². The lowest BCUT2D eigenvalue weighted by Gasteiger charge is -2.26. The van der Waals surface area contributed by atoms with Gasteiger partial charge >= 0.3 is 0 Å². The van der Waals surface area contributed by atoms with E-state index in [9.17, 15) is 16.8 Å². The Kier molecular flexibility index (Phi) is 6.13. The topological polar surface area (TPSA) is 84.0 Å². The van der Waals surface area contributed by atoms with Gasteiger partial charge in [-0.3, -0.25) is 4.31 Å². The van der Waals surface area contributed by atoms with Gasteiger partial charge in [0.25, 0.3) is 10.0 Å². The third-order valence-corrected chi connectivity index (χ3v) is 9.88. The third kappa shape index (κ3) is 4.11. The Bertz CT molecular complexity index is 1150. The van der Waals surface area contributed by atoms with Gasteiger partial charge in [-0.25, -0.2) is 16.8 Å². The van der Waals surface area contributed by atoms with Gasteiger partial charge in [-0.1, -0.05) is 26.0 Å². The first kappa shape index (κ1) is 22.3. The summed E-state index contributed by atoms with van der Waals surface area (Å²) in [7, 11) is -7.33. The number of morpholine rings is 1. The van der Waals surface area contributed by atoms with Crippen molar-refractivity contribution in [3.8, 4) is 0 Å². The second-order valence-electron chi connectivity index (χ2n) is 8.01. The zero-order chi connectivity index (χ0) is 22.2. The number of fused-ring (bicyclic) bond motifs is 1.